The van der Waals surface area contributed by atoms with Gasteiger partial charge >= 0.3 is 0 Å². The van der Waals surface area contributed by atoms with Crippen molar-refractivity contribution < 1.29 is 0 Å². The first-order chi connectivity index (χ1) is 5.24. The van der Waals surface area contributed by atoms with Crippen molar-refractivity contribution in [2.24, 2.45) is 0 Å². The van der Waals surface area contributed by atoms with E-state index in [0.717, 1.165) is 5.69 Å². The number of nitrogens with zero attached hydrogens (tertiary/aromatic N) is 2. The van der Waals surface area contributed by atoms with Crippen LogP contribution in [-0.2, 0) is 0 Å². The Kier molecular flexibility index (Phi) is 2.12. The summed E-state index contributed by atoms with van der Waals surface area (Å²) in [5.74, 6) is 0. The second-order valence-corrected chi connectivity index (χ2v) is 2.55. The van der Waals surface area contributed by atoms with Crippen molar-refractivity contribution in [1.29, 1.82) is 5.26 Å². The Morgan fingerprint density at radius 2 is 1.73 bits per heavy atom. The summed E-state index contributed by atoms with van der Waals surface area (Å²) < 4.78 is 0. The maximum absolute atomic E-state index is 8.50. The van der Waals surface area contributed by atoms with Crippen molar-refractivity contribution in [3.05, 3.63) is 29.8 Å². The van der Waals surface area contributed by atoms with Crippen LogP contribution in [0, 0.1) is 11.3 Å². The minimum atomic E-state index is 0.704. The van der Waals surface area contributed by atoms with Crippen LogP contribution in [0.4, 0.5) is 5.69 Å². The topological polar surface area (TPSA) is 27.0 Å². The molecule has 0 unspecified atom stereocenters. The molecule has 0 N–H and O–H groups in total. The van der Waals surface area contributed by atoms with Gasteiger partial charge in [-0.3, -0.25) is 0 Å². The van der Waals surface area contributed by atoms with Gasteiger partial charge in [-0.2, -0.15) is 5.26 Å². The Hall–Kier alpha value is -1.49. The molecule has 0 bridgehead atoms. The quantitative estimate of drug-likeness (QED) is 0.564. The summed E-state index contributed by atoms with van der Waals surface area (Å²) in [6, 6.07) is 9.56. The first-order valence-corrected chi connectivity index (χ1v) is 3.41. The lowest BCUT2D eigenvalue weighted by atomic mass is 10.2. The Balaban J connectivity index is 2.94. The molecular weight excluding hydrogens is 137 g/mol. The highest BCUT2D eigenvalue weighted by Gasteiger charge is 1.93. The van der Waals surface area contributed by atoms with Crippen molar-refractivity contribution in [2.45, 2.75) is 0 Å². The monoisotopic (exact) mass is 147 g/mol. The van der Waals surface area contributed by atoms with E-state index in [4.69, 9.17) is 5.26 Å². The van der Waals surface area contributed by atoms with E-state index < -0.39 is 0 Å². The molecule has 0 aliphatic heterocycles. The second-order valence-electron chi connectivity index (χ2n) is 2.55. The van der Waals surface area contributed by atoms with E-state index in [2.05, 4.69) is 6.07 Å². The van der Waals surface area contributed by atoms with Crippen molar-refractivity contribution in [3.63, 3.8) is 0 Å². The molecule has 0 fully saturated rings. The van der Waals surface area contributed by atoms with E-state index in [-0.39, 0.29) is 0 Å². The molecule has 0 radical (unpaired) electrons. The highest BCUT2D eigenvalue weighted by atomic mass is 15.1. The average Bonchev–Trinajstić information content (AvgIpc) is 2.05. The van der Waals surface area contributed by atoms with Crippen molar-refractivity contribution in [1.82, 2.24) is 0 Å². The largest absolute Gasteiger partial charge is 0.378 e. The summed E-state index contributed by atoms with van der Waals surface area (Å²) in [5, 5.41) is 8.50. The lowest BCUT2D eigenvalue weighted by Crippen LogP contribution is -2.07. The zero-order chi connectivity index (χ0) is 8.27. The third-order valence-corrected chi connectivity index (χ3v) is 1.51. The van der Waals surface area contributed by atoms with Crippen LogP contribution in [0.15, 0.2) is 24.3 Å². The van der Waals surface area contributed by atoms with Gasteiger partial charge in [0.1, 0.15) is 0 Å². The molecule has 0 aromatic heterocycles. The van der Waals surface area contributed by atoms with Gasteiger partial charge < -0.3 is 4.90 Å². The molecule has 2 heteroatoms. The third-order valence-electron chi connectivity index (χ3n) is 1.51. The predicted molar refractivity (Wildman–Crippen MR) is 45.5 cm³/mol. The Morgan fingerprint density at radius 3 is 2.09 bits per heavy atom. The molecule has 1 aromatic rings. The molecule has 0 spiro atoms. The molecular formula is C9H10N2. The molecule has 0 atom stereocenters. The maximum atomic E-state index is 8.50. The summed E-state index contributed by atoms with van der Waals surface area (Å²) in [6.45, 7) is 0. The van der Waals surface area contributed by atoms with Gasteiger partial charge in [0.2, 0.25) is 0 Å². The van der Waals surface area contributed by atoms with Crippen molar-refractivity contribution in [3.8, 4) is 6.07 Å². The molecule has 1 rings (SSSR count). The van der Waals surface area contributed by atoms with E-state index >= 15 is 0 Å². The van der Waals surface area contributed by atoms with Gasteiger partial charge in [-0.25, -0.2) is 0 Å². The van der Waals surface area contributed by atoms with Gasteiger partial charge in [0, 0.05) is 19.8 Å². The van der Waals surface area contributed by atoms with Crippen LogP contribution in [0.2, 0.25) is 0 Å². The maximum Gasteiger partial charge on any atom is 0.0991 e. The van der Waals surface area contributed by atoms with Gasteiger partial charge in [-0.1, -0.05) is 0 Å². The van der Waals surface area contributed by atoms with Crippen LogP contribution in [0.1, 0.15) is 5.56 Å². The molecule has 0 heterocycles. The van der Waals surface area contributed by atoms with Crippen LogP contribution < -0.4 is 4.90 Å². The SMILES string of the molecule is CN(C)c1ccc(C#[15N])cc1. The Morgan fingerprint density at radius 1 is 1.18 bits per heavy atom. The summed E-state index contributed by atoms with van der Waals surface area (Å²) in [6.07, 6.45) is 0. The summed E-state index contributed by atoms with van der Waals surface area (Å²) in [7, 11) is 3.95. The van der Waals surface area contributed by atoms with Crippen molar-refractivity contribution in [2.75, 3.05) is 19.0 Å². The lowest BCUT2D eigenvalue weighted by Gasteiger charge is -2.11. The molecule has 0 aliphatic carbocycles. The van der Waals surface area contributed by atoms with Crippen LogP contribution in [0.3, 0.4) is 0 Å². The smallest absolute Gasteiger partial charge is 0.0991 e. The van der Waals surface area contributed by atoms with Crippen molar-refractivity contribution >= 4 is 5.69 Å². The van der Waals surface area contributed by atoms with Gasteiger partial charge in [-0.15, -0.1) is 0 Å². The highest BCUT2D eigenvalue weighted by Crippen LogP contribution is 2.10. The van der Waals surface area contributed by atoms with Gasteiger partial charge in [-0.05, 0) is 24.3 Å². The van der Waals surface area contributed by atoms with Crippen LogP contribution in [-0.4, -0.2) is 14.1 Å². The predicted octanol–water partition coefficient (Wildman–Crippen LogP) is 1.62. The number of hydrogen-bond acceptors (Lipinski definition) is 2. The number of rotatable bonds is 1. The minimum Gasteiger partial charge on any atom is -0.378 e. The normalized spacial score (nSPS) is 8.82. The first kappa shape index (κ1) is 7.62. The number of anilines is 1. The van der Waals surface area contributed by atoms with E-state index in [1.807, 2.05) is 43.3 Å². The highest BCUT2D eigenvalue weighted by molar-refractivity contribution is 5.48. The zero-order valence-electron chi connectivity index (χ0n) is 6.70. The Labute approximate surface area is 66.7 Å². The Bertz CT molecular complexity index is 267. The van der Waals surface area contributed by atoms with E-state index in [1.165, 1.54) is 0 Å². The molecule has 0 amide bonds. The van der Waals surface area contributed by atoms with Crippen LogP contribution in [0.5, 0.6) is 0 Å². The summed E-state index contributed by atoms with van der Waals surface area (Å²) in [5.41, 5.74) is 1.82. The molecule has 0 aliphatic rings. The zero-order valence-corrected chi connectivity index (χ0v) is 6.70. The summed E-state index contributed by atoms with van der Waals surface area (Å²) in [4.78, 5) is 2.00. The molecule has 56 valence electrons. The molecule has 11 heavy (non-hydrogen) atoms. The first-order valence-electron chi connectivity index (χ1n) is 3.41. The minimum absolute atomic E-state index is 0.704. The second kappa shape index (κ2) is 3.07. The summed E-state index contributed by atoms with van der Waals surface area (Å²) >= 11 is 0. The molecule has 0 saturated heterocycles. The fourth-order valence-electron chi connectivity index (χ4n) is 0.834. The standard InChI is InChI=1S/C9H10N2/c1-11(2)9-5-3-8(7-10)4-6-9/h3-6H,1-2H3/i10+1. The number of nitriles is 1. The fraction of sp³-hybridized carbons (Fsp3) is 0.222. The fourth-order valence-corrected chi connectivity index (χ4v) is 0.834. The van der Waals surface area contributed by atoms with Gasteiger partial charge in [0.25, 0.3) is 0 Å². The van der Waals surface area contributed by atoms with Gasteiger partial charge in [0.05, 0.1) is 11.6 Å². The third kappa shape index (κ3) is 1.71. The molecule has 2 nitrogen and oxygen atoms in total. The molecule has 0 saturated carbocycles. The lowest BCUT2D eigenvalue weighted by molar-refractivity contribution is 1.13. The van der Waals surface area contributed by atoms with Crippen LogP contribution in [0.25, 0.3) is 0 Å². The number of benzene rings is 1. The number of hydrogen-bond donors (Lipinski definition) is 0. The van der Waals surface area contributed by atoms with E-state index in [1.54, 1.807) is 0 Å². The van der Waals surface area contributed by atoms with Crippen LogP contribution >= 0.6 is 0 Å². The van der Waals surface area contributed by atoms with Gasteiger partial charge in [0.15, 0.2) is 0 Å². The molecule has 1 aromatic carbocycles. The average molecular weight is 147 g/mol. The van der Waals surface area contributed by atoms with E-state index in [0.29, 0.717) is 5.56 Å². The van der Waals surface area contributed by atoms with E-state index in [9.17, 15) is 0 Å².